The normalized spacial score (nSPS) is 19.6. The molecule has 46 heavy (non-hydrogen) atoms. The van der Waals surface area contributed by atoms with Gasteiger partial charge < -0.3 is 19.1 Å². The van der Waals surface area contributed by atoms with Crippen molar-refractivity contribution in [1.29, 1.82) is 0 Å². The number of likely N-dealkylation sites (tertiary alicyclic amines) is 2. The molecule has 3 fully saturated rings. The molecule has 1 spiro atoms. The first kappa shape index (κ1) is 32.0. The number of halogens is 3. The van der Waals surface area contributed by atoms with Crippen LogP contribution in [0.5, 0.6) is 0 Å². The molecule has 0 atom stereocenters. The van der Waals surface area contributed by atoms with Gasteiger partial charge >= 0.3 is 12.3 Å². The van der Waals surface area contributed by atoms with Crippen molar-refractivity contribution in [2.75, 3.05) is 32.7 Å². The highest BCUT2D eigenvalue weighted by Crippen LogP contribution is 2.35. The maximum absolute atomic E-state index is 13.1. The van der Waals surface area contributed by atoms with Crippen LogP contribution in [0, 0.1) is 0 Å². The van der Waals surface area contributed by atoms with E-state index in [1.54, 1.807) is 23.2 Å². The zero-order chi connectivity index (χ0) is 32.5. The molecule has 13 heteroatoms. The maximum Gasteiger partial charge on any atom is 0.416 e. The molecule has 5 heterocycles. The lowest BCUT2D eigenvalue weighted by Crippen LogP contribution is -2.54. The molecule has 3 aromatic rings. The minimum Gasteiger partial charge on any atom is -0.443 e. The third-order valence-corrected chi connectivity index (χ3v) is 9.38. The quantitative estimate of drug-likeness (QED) is 0.310. The van der Waals surface area contributed by atoms with Gasteiger partial charge in [0.1, 0.15) is 5.60 Å². The van der Waals surface area contributed by atoms with E-state index in [-0.39, 0.29) is 30.4 Å². The van der Waals surface area contributed by atoms with Crippen LogP contribution in [0.4, 0.5) is 18.0 Å². The predicted octanol–water partition coefficient (Wildman–Crippen LogP) is 6.00. The van der Waals surface area contributed by atoms with Gasteiger partial charge in [0.25, 0.3) is 5.91 Å². The number of carbonyl (C=O) groups excluding carboxylic acids is 2. The number of hydrogen-bond donors (Lipinski definition) is 0. The van der Waals surface area contributed by atoms with E-state index in [0.29, 0.717) is 81.5 Å². The van der Waals surface area contributed by atoms with Crippen LogP contribution >= 0.6 is 0 Å². The Labute approximate surface area is 265 Å². The van der Waals surface area contributed by atoms with Gasteiger partial charge in [-0.15, -0.1) is 0 Å². The number of nitrogens with zero attached hydrogens (tertiary/aromatic N) is 6. The lowest BCUT2D eigenvalue weighted by molar-refractivity contribution is -0.137. The summed E-state index contributed by atoms with van der Waals surface area (Å²) in [5.74, 6) is 1.62. The SMILES string of the molecule is CC(C)c1noc(C2CCN(C(=O)c3ccc(CN4CCC5(CCN(Cc6ccc(C(F)(F)F)cc6)CC5)OC4=O)nc3)CC2)n1. The Balaban J connectivity index is 0.950. The molecular formula is C33H39F3N6O4. The van der Waals surface area contributed by atoms with Gasteiger partial charge in [-0.25, -0.2) is 4.79 Å². The highest BCUT2D eigenvalue weighted by molar-refractivity contribution is 5.94. The molecule has 0 N–H and O–H groups in total. The van der Waals surface area contributed by atoms with Gasteiger partial charge in [0.2, 0.25) is 5.89 Å². The molecule has 0 saturated carbocycles. The van der Waals surface area contributed by atoms with Crippen LogP contribution in [0.2, 0.25) is 0 Å². The molecule has 0 bridgehead atoms. The fourth-order valence-electron chi connectivity index (χ4n) is 6.40. The fraction of sp³-hybridized carbons (Fsp3) is 0.545. The fourth-order valence-corrected chi connectivity index (χ4v) is 6.40. The molecule has 10 nitrogen and oxygen atoms in total. The molecule has 0 unspecified atom stereocenters. The standard InChI is InChI=1S/C33H39F3N6O4/c1-22(2)28-38-29(46-39-28)24-9-14-41(15-10-24)30(43)25-5-8-27(37-19-25)21-42-18-13-32(45-31(42)44)11-16-40(17-12-32)20-23-3-6-26(7-4-23)33(34,35)36/h3-8,19,22,24H,9-18,20-21H2,1-2H3. The van der Waals surface area contributed by atoms with Crippen molar-refractivity contribution in [1.82, 2.24) is 29.8 Å². The van der Waals surface area contributed by atoms with Gasteiger partial charge in [-0.1, -0.05) is 31.1 Å². The van der Waals surface area contributed by atoms with Gasteiger partial charge in [-0.05, 0) is 42.7 Å². The van der Waals surface area contributed by atoms with Gasteiger partial charge in [-0.3, -0.25) is 14.7 Å². The average Bonchev–Trinajstić information content (AvgIpc) is 3.55. The summed E-state index contributed by atoms with van der Waals surface area (Å²) in [4.78, 5) is 40.8. The summed E-state index contributed by atoms with van der Waals surface area (Å²) in [6.45, 7) is 8.00. The molecule has 3 aliphatic rings. The third kappa shape index (κ3) is 7.19. The Morgan fingerprint density at radius 3 is 2.26 bits per heavy atom. The highest BCUT2D eigenvalue weighted by Gasteiger charge is 2.43. The number of ether oxygens (including phenoxy) is 1. The summed E-state index contributed by atoms with van der Waals surface area (Å²) in [5.41, 5.74) is 0.821. The van der Waals surface area contributed by atoms with E-state index < -0.39 is 17.3 Å². The van der Waals surface area contributed by atoms with Crippen molar-refractivity contribution in [2.45, 2.75) is 82.7 Å². The summed E-state index contributed by atoms with van der Waals surface area (Å²) >= 11 is 0. The summed E-state index contributed by atoms with van der Waals surface area (Å²) in [6.07, 6.45) is 0.401. The van der Waals surface area contributed by atoms with Crippen molar-refractivity contribution >= 4 is 12.0 Å². The van der Waals surface area contributed by atoms with E-state index in [9.17, 15) is 22.8 Å². The van der Waals surface area contributed by atoms with Crippen molar-refractivity contribution in [3.05, 3.63) is 76.7 Å². The second-order valence-electron chi connectivity index (χ2n) is 12.9. The first-order valence-corrected chi connectivity index (χ1v) is 15.9. The predicted molar refractivity (Wildman–Crippen MR) is 161 cm³/mol. The van der Waals surface area contributed by atoms with Gasteiger partial charge in [0, 0.05) is 76.6 Å². The van der Waals surface area contributed by atoms with Crippen molar-refractivity contribution in [3.63, 3.8) is 0 Å². The van der Waals surface area contributed by atoms with E-state index in [1.807, 2.05) is 18.7 Å². The van der Waals surface area contributed by atoms with Crippen molar-refractivity contribution in [2.24, 2.45) is 0 Å². The Kier molecular flexibility index (Phi) is 9.04. The van der Waals surface area contributed by atoms with Crippen LogP contribution < -0.4 is 0 Å². The summed E-state index contributed by atoms with van der Waals surface area (Å²) in [7, 11) is 0. The Hall–Kier alpha value is -4.00. The molecule has 2 amide bonds. The second-order valence-corrected chi connectivity index (χ2v) is 12.9. The van der Waals surface area contributed by atoms with Crippen molar-refractivity contribution < 1.29 is 32.0 Å². The molecule has 1 aromatic carbocycles. The smallest absolute Gasteiger partial charge is 0.416 e. The number of pyridine rings is 1. The van der Waals surface area contributed by atoms with E-state index in [1.165, 1.54) is 12.1 Å². The topological polar surface area (TPSA) is 105 Å². The molecular weight excluding hydrogens is 601 g/mol. The number of amides is 2. The lowest BCUT2D eigenvalue weighted by Gasteiger charge is -2.45. The number of rotatable bonds is 7. The van der Waals surface area contributed by atoms with Crippen LogP contribution in [-0.2, 0) is 24.0 Å². The van der Waals surface area contributed by atoms with E-state index in [2.05, 4.69) is 20.0 Å². The van der Waals surface area contributed by atoms with Gasteiger partial charge in [0.15, 0.2) is 5.82 Å². The number of piperidine rings is 2. The van der Waals surface area contributed by atoms with Gasteiger partial charge in [0.05, 0.1) is 23.4 Å². The highest BCUT2D eigenvalue weighted by atomic mass is 19.4. The lowest BCUT2D eigenvalue weighted by atomic mass is 9.86. The minimum atomic E-state index is -4.35. The molecule has 6 rings (SSSR count). The number of aromatic nitrogens is 3. The largest absolute Gasteiger partial charge is 0.443 e. The Morgan fingerprint density at radius 1 is 0.978 bits per heavy atom. The summed E-state index contributed by atoms with van der Waals surface area (Å²) in [6, 6.07) is 8.81. The molecule has 246 valence electrons. The molecule has 2 aromatic heterocycles. The summed E-state index contributed by atoms with van der Waals surface area (Å²) in [5, 5.41) is 4.06. The van der Waals surface area contributed by atoms with Crippen LogP contribution in [0.25, 0.3) is 0 Å². The van der Waals surface area contributed by atoms with Crippen LogP contribution in [0.15, 0.2) is 47.1 Å². The van der Waals surface area contributed by atoms with Crippen LogP contribution in [0.3, 0.4) is 0 Å². The van der Waals surface area contributed by atoms with E-state index in [4.69, 9.17) is 9.26 Å². The maximum atomic E-state index is 13.1. The number of alkyl halides is 3. The zero-order valence-corrected chi connectivity index (χ0v) is 26.1. The number of carbonyl (C=O) groups is 2. The van der Waals surface area contributed by atoms with Crippen LogP contribution in [-0.4, -0.2) is 80.1 Å². The molecule has 0 aliphatic carbocycles. The van der Waals surface area contributed by atoms with E-state index in [0.717, 1.165) is 30.5 Å². The van der Waals surface area contributed by atoms with E-state index >= 15 is 0 Å². The zero-order valence-electron chi connectivity index (χ0n) is 26.1. The number of benzene rings is 1. The number of hydrogen-bond acceptors (Lipinski definition) is 8. The van der Waals surface area contributed by atoms with Gasteiger partial charge in [-0.2, -0.15) is 18.2 Å². The average molecular weight is 641 g/mol. The van der Waals surface area contributed by atoms with Crippen molar-refractivity contribution in [3.8, 4) is 0 Å². The first-order chi connectivity index (χ1) is 22.0. The monoisotopic (exact) mass is 640 g/mol. The Bertz CT molecular complexity index is 1510. The molecule has 3 aliphatic heterocycles. The second kappa shape index (κ2) is 13.0. The molecule has 3 saturated heterocycles. The minimum absolute atomic E-state index is 0.0742. The Morgan fingerprint density at radius 2 is 1.67 bits per heavy atom. The third-order valence-electron chi connectivity index (χ3n) is 9.38. The van der Waals surface area contributed by atoms with Crippen LogP contribution in [0.1, 0.15) is 96.7 Å². The molecule has 0 radical (unpaired) electrons. The first-order valence-electron chi connectivity index (χ1n) is 15.9. The summed E-state index contributed by atoms with van der Waals surface area (Å²) < 4.78 is 50.0.